The highest BCUT2D eigenvalue weighted by Crippen LogP contribution is 2.31. The van der Waals surface area contributed by atoms with Gasteiger partial charge in [0, 0.05) is 0 Å². The SMILES string of the molecule is O=C(O)CC(c1ccc2c(c1)CCC2)c1ncc(Br)[nH]1. The topological polar surface area (TPSA) is 66.0 Å². The number of H-pyrrole nitrogens is 1. The van der Waals surface area contributed by atoms with Crippen LogP contribution in [-0.2, 0) is 17.6 Å². The van der Waals surface area contributed by atoms with Crippen LogP contribution in [0.25, 0.3) is 0 Å². The van der Waals surface area contributed by atoms with Crippen LogP contribution < -0.4 is 0 Å². The number of imidazole rings is 1. The van der Waals surface area contributed by atoms with Gasteiger partial charge in [-0.2, -0.15) is 0 Å². The average Bonchev–Trinajstić information content (AvgIpc) is 3.03. The molecule has 0 amide bonds. The van der Waals surface area contributed by atoms with Gasteiger partial charge in [0.2, 0.25) is 0 Å². The number of carboxylic acids is 1. The fourth-order valence-electron chi connectivity index (χ4n) is 2.85. The summed E-state index contributed by atoms with van der Waals surface area (Å²) < 4.78 is 0.768. The van der Waals surface area contributed by atoms with E-state index in [9.17, 15) is 4.79 Å². The summed E-state index contributed by atoms with van der Waals surface area (Å²) in [6.07, 6.45) is 5.11. The van der Waals surface area contributed by atoms with E-state index in [1.807, 2.05) is 6.07 Å². The summed E-state index contributed by atoms with van der Waals surface area (Å²) in [5.41, 5.74) is 3.77. The first-order chi connectivity index (χ1) is 9.63. The van der Waals surface area contributed by atoms with Crippen LogP contribution in [0, 0.1) is 0 Å². The molecule has 4 nitrogen and oxygen atoms in total. The highest BCUT2D eigenvalue weighted by molar-refractivity contribution is 9.10. The van der Waals surface area contributed by atoms with Crippen molar-refractivity contribution >= 4 is 21.9 Å². The standard InChI is InChI=1S/C15H15BrN2O2/c16-13-8-17-15(18-13)12(7-14(19)20)11-5-4-9-2-1-3-10(9)6-11/h4-6,8,12H,1-3,7H2,(H,17,18)(H,19,20). The Labute approximate surface area is 125 Å². The van der Waals surface area contributed by atoms with E-state index in [4.69, 9.17) is 5.11 Å². The van der Waals surface area contributed by atoms with Crippen LogP contribution in [0.15, 0.2) is 29.0 Å². The van der Waals surface area contributed by atoms with E-state index in [1.54, 1.807) is 6.20 Å². The van der Waals surface area contributed by atoms with E-state index >= 15 is 0 Å². The first-order valence-electron chi connectivity index (χ1n) is 6.67. The third-order valence-electron chi connectivity index (χ3n) is 3.80. The van der Waals surface area contributed by atoms with Gasteiger partial charge in [0.15, 0.2) is 0 Å². The Hall–Kier alpha value is -1.62. The number of rotatable bonds is 4. The number of hydrogen-bond acceptors (Lipinski definition) is 2. The molecular weight excluding hydrogens is 320 g/mol. The monoisotopic (exact) mass is 334 g/mol. The number of aryl methyl sites for hydroxylation is 2. The molecule has 1 aromatic heterocycles. The molecule has 20 heavy (non-hydrogen) atoms. The van der Waals surface area contributed by atoms with Crippen LogP contribution >= 0.6 is 15.9 Å². The Balaban J connectivity index is 1.98. The number of aromatic nitrogens is 2. The molecule has 1 heterocycles. The van der Waals surface area contributed by atoms with E-state index in [0.29, 0.717) is 5.82 Å². The molecule has 1 atom stereocenters. The van der Waals surface area contributed by atoms with E-state index in [0.717, 1.165) is 23.0 Å². The second-order valence-electron chi connectivity index (χ2n) is 5.15. The number of nitrogens with one attached hydrogen (secondary N) is 1. The van der Waals surface area contributed by atoms with Crippen molar-refractivity contribution in [3.05, 3.63) is 51.5 Å². The van der Waals surface area contributed by atoms with Gasteiger partial charge in [-0.3, -0.25) is 4.79 Å². The Bertz CT molecular complexity index is 651. The van der Waals surface area contributed by atoms with Gasteiger partial charge in [0.05, 0.1) is 18.5 Å². The molecule has 0 spiro atoms. The smallest absolute Gasteiger partial charge is 0.304 e. The molecule has 0 saturated carbocycles. The molecule has 1 aromatic carbocycles. The van der Waals surface area contributed by atoms with Crippen molar-refractivity contribution < 1.29 is 9.90 Å². The van der Waals surface area contributed by atoms with Gasteiger partial charge in [-0.05, 0) is 51.9 Å². The summed E-state index contributed by atoms with van der Waals surface area (Å²) >= 11 is 3.32. The Morgan fingerprint density at radius 3 is 2.90 bits per heavy atom. The minimum Gasteiger partial charge on any atom is -0.481 e. The second-order valence-corrected chi connectivity index (χ2v) is 6.00. The number of aliphatic carboxylic acids is 1. The highest BCUT2D eigenvalue weighted by atomic mass is 79.9. The molecule has 1 aliphatic carbocycles. The number of fused-ring (bicyclic) bond motifs is 1. The number of hydrogen-bond donors (Lipinski definition) is 2. The van der Waals surface area contributed by atoms with Gasteiger partial charge >= 0.3 is 5.97 Å². The summed E-state index contributed by atoms with van der Waals surface area (Å²) in [6, 6.07) is 6.31. The lowest BCUT2D eigenvalue weighted by Gasteiger charge is -2.14. The summed E-state index contributed by atoms with van der Waals surface area (Å²) in [4.78, 5) is 18.5. The van der Waals surface area contributed by atoms with Crippen LogP contribution in [0.5, 0.6) is 0 Å². The lowest BCUT2D eigenvalue weighted by atomic mass is 9.92. The number of carbonyl (C=O) groups is 1. The van der Waals surface area contributed by atoms with E-state index in [1.165, 1.54) is 17.5 Å². The first-order valence-corrected chi connectivity index (χ1v) is 7.46. The molecule has 3 rings (SSSR count). The lowest BCUT2D eigenvalue weighted by molar-refractivity contribution is -0.137. The molecule has 0 saturated heterocycles. The van der Waals surface area contributed by atoms with Gasteiger partial charge in [0.1, 0.15) is 10.4 Å². The maximum atomic E-state index is 11.1. The molecule has 5 heteroatoms. The van der Waals surface area contributed by atoms with Gasteiger partial charge in [0.25, 0.3) is 0 Å². The van der Waals surface area contributed by atoms with Gasteiger partial charge < -0.3 is 10.1 Å². The number of aromatic amines is 1. The van der Waals surface area contributed by atoms with Crippen molar-refractivity contribution in [1.29, 1.82) is 0 Å². The normalized spacial score (nSPS) is 15.1. The van der Waals surface area contributed by atoms with E-state index in [-0.39, 0.29) is 12.3 Å². The molecule has 1 aliphatic rings. The summed E-state index contributed by atoms with van der Waals surface area (Å²) in [5.74, 6) is -0.357. The maximum absolute atomic E-state index is 11.1. The summed E-state index contributed by atoms with van der Waals surface area (Å²) in [5, 5.41) is 9.15. The Kier molecular flexibility index (Phi) is 3.61. The van der Waals surface area contributed by atoms with Gasteiger partial charge in [-0.25, -0.2) is 4.98 Å². The van der Waals surface area contributed by atoms with Gasteiger partial charge in [-0.1, -0.05) is 18.2 Å². The van der Waals surface area contributed by atoms with Gasteiger partial charge in [-0.15, -0.1) is 0 Å². The second kappa shape index (κ2) is 5.40. The first kappa shape index (κ1) is 13.4. The highest BCUT2D eigenvalue weighted by Gasteiger charge is 2.22. The molecule has 1 unspecified atom stereocenters. The fourth-order valence-corrected chi connectivity index (χ4v) is 3.15. The van der Waals surface area contributed by atoms with Crippen LogP contribution in [0.4, 0.5) is 0 Å². The molecule has 104 valence electrons. The molecule has 0 bridgehead atoms. The van der Waals surface area contributed by atoms with E-state index < -0.39 is 5.97 Å². The number of benzene rings is 1. The Morgan fingerprint density at radius 1 is 1.40 bits per heavy atom. The van der Waals surface area contributed by atoms with Crippen molar-refractivity contribution in [2.24, 2.45) is 0 Å². The van der Waals surface area contributed by atoms with Crippen molar-refractivity contribution in [3.8, 4) is 0 Å². The lowest BCUT2D eigenvalue weighted by Crippen LogP contribution is -2.10. The fraction of sp³-hybridized carbons (Fsp3) is 0.333. The van der Waals surface area contributed by atoms with Crippen LogP contribution in [-0.4, -0.2) is 21.0 Å². The maximum Gasteiger partial charge on any atom is 0.304 e. The van der Waals surface area contributed by atoms with Crippen LogP contribution in [0.1, 0.15) is 41.3 Å². The molecular formula is C15H15BrN2O2. The quantitative estimate of drug-likeness (QED) is 0.901. The van der Waals surface area contributed by atoms with Crippen molar-refractivity contribution in [3.63, 3.8) is 0 Å². The zero-order chi connectivity index (χ0) is 14.1. The number of carboxylic acid groups (broad SMARTS) is 1. The molecule has 2 aromatic rings. The zero-order valence-corrected chi connectivity index (χ0v) is 12.5. The molecule has 0 aliphatic heterocycles. The Morgan fingerprint density at radius 2 is 2.20 bits per heavy atom. The van der Waals surface area contributed by atoms with E-state index in [2.05, 4.69) is 38.0 Å². The minimum absolute atomic E-state index is 0.0404. The van der Waals surface area contributed by atoms with Crippen molar-refractivity contribution in [2.75, 3.05) is 0 Å². The molecule has 0 fully saturated rings. The van der Waals surface area contributed by atoms with Crippen LogP contribution in [0.2, 0.25) is 0 Å². The third-order valence-corrected chi connectivity index (χ3v) is 4.20. The minimum atomic E-state index is -0.817. The predicted molar refractivity (Wildman–Crippen MR) is 78.9 cm³/mol. The molecule has 0 radical (unpaired) electrons. The largest absolute Gasteiger partial charge is 0.481 e. The number of halogens is 1. The predicted octanol–water partition coefficient (Wildman–Crippen LogP) is 3.27. The van der Waals surface area contributed by atoms with Crippen molar-refractivity contribution in [1.82, 2.24) is 9.97 Å². The average molecular weight is 335 g/mol. The third kappa shape index (κ3) is 2.63. The van der Waals surface area contributed by atoms with Crippen molar-refractivity contribution in [2.45, 2.75) is 31.6 Å². The summed E-state index contributed by atoms with van der Waals surface area (Å²) in [6.45, 7) is 0. The zero-order valence-electron chi connectivity index (χ0n) is 10.9. The van der Waals surface area contributed by atoms with Crippen LogP contribution in [0.3, 0.4) is 0 Å². The summed E-state index contributed by atoms with van der Waals surface area (Å²) in [7, 11) is 0. The number of nitrogens with zero attached hydrogens (tertiary/aromatic N) is 1. The molecule has 2 N–H and O–H groups in total.